The number of rotatable bonds is 9. The number of aliphatic hydroxyl groups excluding tert-OH is 2. The number of hydrogen-bond donors (Lipinski definition) is 4. The molecule has 0 aromatic heterocycles. The maximum absolute atomic E-state index is 12.4. The number of aromatic amines is 1. The summed E-state index contributed by atoms with van der Waals surface area (Å²) in [6.07, 6.45) is -0.126. The molecular weight excluding hydrogens is 438 g/mol. The van der Waals surface area contributed by atoms with Gasteiger partial charge in [-0.05, 0) is 44.5 Å². The molecule has 11 heteroatoms. The number of aromatic nitrogens is 4. The number of nitrogens with zero attached hydrogens (tertiary/aromatic N) is 5. The quantitative estimate of drug-likeness (QED) is 0.309. The van der Waals surface area contributed by atoms with E-state index in [1.54, 1.807) is 4.57 Å². The van der Waals surface area contributed by atoms with Crippen molar-refractivity contribution in [2.75, 3.05) is 58.2 Å². The van der Waals surface area contributed by atoms with Crippen LogP contribution in [0.2, 0.25) is 0 Å². The van der Waals surface area contributed by atoms with Gasteiger partial charge in [0.2, 0.25) is 0 Å². The van der Waals surface area contributed by atoms with Crippen LogP contribution in [-0.2, 0) is 6.54 Å². The van der Waals surface area contributed by atoms with E-state index in [9.17, 15) is 14.7 Å². The minimum Gasteiger partial charge on any atom is -0.396 e. The van der Waals surface area contributed by atoms with Gasteiger partial charge in [-0.15, -0.1) is 0 Å². The Bertz CT molecular complexity index is 1220. The summed E-state index contributed by atoms with van der Waals surface area (Å²) in [6.45, 7) is 8.16. The van der Waals surface area contributed by atoms with E-state index in [0.717, 1.165) is 50.5 Å². The standard InChI is InChI=1S/C23H33N7O4/c1-15-13-18-19(14-17(15)24-5-7-29-10-8-28(2)9-11-29)30(6-3-16(32)4-12-31)21-20(25-18)22(33)27-23(34)26-21/h13-14,16,24,31-32H,3-12H2,1-2H3,(H,27,33,34)/t16-/m0/s1. The molecule has 3 aliphatic heterocycles. The van der Waals surface area contributed by atoms with E-state index in [0.29, 0.717) is 24.0 Å². The molecule has 0 bridgehead atoms. The number of aliphatic hydroxyl groups is 2. The zero-order valence-electron chi connectivity index (χ0n) is 19.8. The number of fused-ring (bicyclic) bond motifs is 2. The van der Waals surface area contributed by atoms with Crippen molar-refractivity contribution >= 4 is 16.7 Å². The van der Waals surface area contributed by atoms with Crippen LogP contribution < -0.4 is 16.6 Å². The zero-order chi connectivity index (χ0) is 24.2. The van der Waals surface area contributed by atoms with Gasteiger partial charge in [0.1, 0.15) is 0 Å². The first-order valence-electron chi connectivity index (χ1n) is 11.7. The molecule has 0 unspecified atom stereocenters. The molecular formula is C23H33N7O4. The van der Waals surface area contributed by atoms with Gasteiger partial charge in [0.25, 0.3) is 5.56 Å². The highest BCUT2D eigenvalue weighted by Crippen LogP contribution is 2.27. The number of piperazine rings is 1. The fraction of sp³-hybridized carbons (Fsp3) is 0.565. The molecule has 1 saturated heterocycles. The second kappa shape index (κ2) is 10.6. The van der Waals surface area contributed by atoms with Crippen LogP contribution in [0, 0.1) is 6.92 Å². The summed E-state index contributed by atoms with van der Waals surface area (Å²) in [5.74, 6) is 0.185. The Labute approximate surface area is 197 Å². The average Bonchev–Trinajstić information content (AvgIpc) is 2.79. The van der Waals surface area contributed by atoms with Gasteiger partial charge in [-0.3, -0.25) is 14.7 Å². The van der Waals surface area contributed by atoms with Crippen molar-refractivity contribution in [3.63, 3.8) is 0 Å². The Hall–Kier alpha value is -2.86. The van der Waals surface area contributed by atoms with Crippen molar-refractivity contribution < 1.29 is 10.2 Å². The maximum atomic E-state index is 12.4. The maximum Gasteiger partial charge on any atom is 0.349 e. The predicted octanol–water partition coefficient (Wildman–Crippen LogP) is -0.314. The molecule has 1 atom stereocenters. The van der Waals surface area contributed by atoms with E-state index in [1.165, 1.54) is 0 Å². The van der Waals surface area contributed by atoms with E-state index >= 15 is 0 Å². The Morgan fingerprint density at radius 3 is 2.62 bits per heavy atom. The topological polar surface area (TPSA) is 140 Å². The zero-order valence-corrected chi connectivity index (χ0v) is 19.8. The van der Waals surface area contributed by atoms with Crippen molar-refractivity contribution in [3.8, 4) is 11.5 Å². The molecule has 4 rings (SSSR count). The minimum atomic E-state index is -0.735. The first kappa shape index (κ1) is 24.3. The summed E-state index contributed by atoms with van der Waals surface area (Å²) in [4.78, 5) is 39.8. The molecule has 0 radical (unpaired) electrons. The summed E-state index contributed by atoms with van der Waals surface area (Å²) in [6, 6.07) is 3.88. The van der Waals surface area contributed by atoms with E-state index < -0.39 is 17.4 Å². The van der Waals surface area contributed by atoms with Crippen LogP contribution in [0.15, 0.2) is 21.7 Å². The highest BCUT2D eigenvalue weighted by Gasteiger charge is 2.20. The summed E-state index contributed by atoms with van der Waals surface area (Å²) < 4.78 is 1.76. The Kier molecular flexibility index (Phi) is 7.57. The molecule has 0 spiro atoms. The molecule has 1 aromatic carbocycles. The first-order valence-corrected chi connectivity index (χ1v) is 11.7. The lowest BCUT2D eigenvalue weighted by Crippen LogP contribution is -2.45. The van der Waals surface area contributed by atoms with Crippen LogP contribution in [0.1, 0.15) is 18.4 Å². The van der Waals surface area contributed by atoms with Crippen molar-refractivity contribution in [1.82, 2.24) is 29.3 Å². The molecule has 1 aromatic rings. The third kappa shape index (κ3) is 5.44. The van der Waals surface area contributed by atoms with E-state index in [-0.39, 0.29) is 24.5 Å². The van der Waals surface area contributed by atoms with Gasteiger partial charge in [0.15, 0.2) is 11.5 Å². The third-order valence-electron chi connectivity index (χ3n) is 6.44. The number of likely N-dealkylation sites (N-methyl/N-ethyl adjacent to an activating group) is 1. The van der Waals surface area contributed by atoms with Crippen molar-refractivity contribution in [2.24, 2.45) is 0 Å². The number of aryl methyl sites for hydroxylation is 2. The highest BCUT2D eigenvalue weighted by molar-refractivity contribution is 5.84. The number of hydrogen-bond acceptors (Lipinski definition) is 9. The van der Waals surface area contributed by atoms with Gasteiger partial charge < -0.3 is 25.0 Å². The van der Waals surface area contributed by atoms with Gasteiger partial charge in [0.05, 0.1) is 17.1 Å². The van der Waals surface area contributed by atoms with Crippen LogP contribution in [0.5, 0.6) is 0 Å². The van der Waals surface area contributed by atoms with Crippen LogP contribution in [-0.4, -0.2) is 98.6 Å². The van der Waals surface area contributed by atoms with Gasteiger partial charge in [0, 0.05) is 58.1 Å². The fourth-order valence-electron chi connectivity index (χ4n) is 4.35. The summed E-state index contributed by atoms with van der Waals surface area (Å²) in [5.41, 5.74) is 2.02. The summed E-state index contributed by atoms with van der Waals surface area (Å²) >= 11 is 0. The monoisotopic (exact) mass is 471 g/mol. The second-order valence-electron chi connectivity index (χ2n) is 8.99. The van der Waals surface area contributed by atoms with Crippen LogP contribution in [0.25, 0.3) is 22.6 Å². The molecule has 3 aliphatic rings. The summed E-state index contributed by atoms with van der Waals surface area (Å²) in [7, 11) is 2.14. The van der Waals surface area contributed by atoms with Crippen molar-refractivity contribution in [3.05, 3.63) is 38.5 Å². The van der Waals surface area contributed by atoms with E-state index in [1.807, 2.05) is 19.1 Å². The third-order valence-corrected chi connectivity index (χ3v) is 6.44. The lowest BCUT2D eigenvalue weighted by Gasteiger charge is -2.32. The fourth-order valence-corrected chi connectivity index (χ4v) is 4.35. The Balaban J connectivity index is 1.66. The number of anilines is 1. The van der Waals surface area contributed by atoms with Crippen LogP contribution in [0.4, 0.5) is 5.69 Å². The van der Waals surface area contributed by atoms with Gasteiger partial charge in [-0.25, -0.2) is 9.78 Å². The molecule has 0 aliphatic carbocycles. The lowest BCUT2D eigenvalue weighted by atomic mass is 10.1. The van der Waals surface area contributed by atoms with Crippen molar-refractivity contribution in [2.45, 2.75) is 32.4 Å². The van der Waals surface area contributed by atoms with E-state index in [4.69, 9.17) is 5.11 Å². The largest absolute Gasteiger partial charge is 0.396 e. The average molecular weight is 472 g/mol. The first-order chi connectivity index (χ1) is 16.4. The van der Waals surface area contributed by atoms with Gasteiger partial charge >= 0.3 is 5.69 Å². The van der Waals surface area contributed by atoms with Crippen molar-refractivity contribution in [1.29, 1.82) is 0 Å². The summed E-state index contributed by atoms with van der Waals surface area (Å²) in [5, 5.41) is 22.8. The second-order valence-corrected chi connectivity index (χ2v) is 8.99. The molecule has 3 heterocycles. The molecule has 34 heavy (non-hydrogen) atoms. The molecule has 184 valence electrons. The van der Waals surface area contributed by atoms with Crippen LogP contribution >= 0.6 is 0 Å². The number of H-pyrrole nitrogens is 1. The number of benzene rings is 1. The van der Waals surface area contributed by atoms with E-state index in [2.05, 4.69) is 37.1 Å². The highest BCUT2D eigenvalue weighted by atomic mass is 16.3. The normalized spacial score (nSPS) is 16.4. The SMILES string of the molecule is Cc1cc2nc3c(=O)[nH]c(=O)nc-3n(CC[C@H](O)CCO)c2cc1NCCN1CCN(C)CC1. The van der Waals surface area contributed by atoms with Gasteiger partial charge in [-0.1, -0.05) is 0 Å². The molecule has 0 amide bonds. The smallest absolute Gasteiger partial charge is 0.349 e. The van der Waals surface area contributed by atoms with Crippen LogP contribution in [0.3, 0.4) is 0 Å². The molecule has 0 saturated carbocycles. The molecule has 1 fully saturated rings. The Morgan fingerprint density at radius 1 is 1.12 bits per heavy atom. The lowest BCUT2D eigenvalue weighted by molar-refractivity contribution is 0.121. The Morgan fingerprint density at radius 2 is 1.88 bits per heavy atom. The predicted molar refractivity (Wildman–Crippen MR) is 131 cm³/mol. The molecule has 4 N–H and O–H groups in total. The minimum absolute atomic E-state index is 0.0823. The number of nitrogens with one attached hydrogen (secondary N) is 2. The molecule has 11 nitrogen and oxygen atoms in total. The van der Waals surface area contributed by atoms with Gasteiger partial charge in [-0.2, -0.15) is 4.98 Å².